The van der Waals surface area contributed by atoms with E-state index in [0.29, 0.717) is 6.42 Å². The van der Waals surface area contributed by atoms with Gasteiger partial charge in [-0.1, -0.05) is 27.7 Å². The van der Waals surface area contributed by atoms with Crippen LogP contribution in [0.2, 0.25) is 11.1 Å². The van der Waals surface area contributed by atoms with Crippen LogP contribution in [0, 0.1) is 0 Å². The number of nitrogens with two attached hydrogens (primary N) is 1. The number of ether oxygens (including phenoxy) is 2. The Bertz CT molecular complexity index is 904. The molecular weight excluding hydrogens is 416 g/mol. The number of rotatable bonds is 4. The van der Waals surface area contributed by atoms with Gasteiger partial charge in [0.05, 0.1) is 18.1 Å². The molecule has 0 aliphatic carbocycles. The third-order valence-electron chi connectivity index (χ3n) is 5.80. The number of nitrogen functional groups attached to an aromatic ring is 1. The molecule has 0 radical (unpaired) electrons. The van der Waals surface area contributed by atoms with Gasteiger partial charge in [0.2, 0.25) is 0 Å². The summed E-state index contributed by atoms with van der Waals surface area (Å²) in [5.41, 5.74) is 5.99. The molecule has 0 spiro atoms. The van der Waals surface area contributed by atoms with Gasteiger partial charge in [0.1, 0.15) is 30.7 Å². The third kappa shape index (κ3) is 3.50. The van der Waals surface area contributed by atoms with Crippen molar-refractivity contribution >= 4 is 25.4 Å². The minimum absolute atomic E-state index is 0.0374. The maximum atomic E-state index is 13.6. The molecule has 0 unspecified atom stereocenters. The standard InChI is InChI=1S/C18H27F2N5O4Si/c1-9(2)30(10(3)4)27-8-26-6-12-11(29-30)5-13(28-12)25-18-14(15(24-25)16(19)20)17(21)22-7-23-18/h7,9-13,16H,5-6,8H2,1-4H3,(H2,21,22,23)/t11-,12-,13+/m0/s1. The maximum Gasteiger partial charge on any atom is 0.345 e. The zero-order valence-corrected chi connectivity index (χ0v) is 18.4. The number of fused-ring (bicyclic) bond motifs is 2. The monoisotopic (exact) mass is 443 g/mol. The Hall–Kier alpha value is -1.73. The van der Waals surface area contributed by atoms with Crippen molar-refractivity contribution in [2.45, 2.75) is 70.1 Å². The van der Waals surface area contributed by atoms with Gasteiger partial charge in [0.15, 0.2) is 11.9 Å². The Morgan fingerprint density at radius 2 is 1.90 bits per heavy atom. The van der Waals surface area contributed by atoms with E-state index in [1.807, 2.05) is 0 Å². The number of alkyl halides is 2. The molecule has 4 rings (SSSR count). The second-order valence-corrected chi connectivity index (χ2v) is 12.5. The number of hydrogen-bond donors (Lipinski definition) is 1. The molecule has 2 aromatic heterocycles. The molecule has 2 aliphatic rings. The van der Waals surface area contributed by atoms with Crippen LogP contribution in [0.5, 0.6) is 0 Å². The average molecular weight is 444 g/mol. The number of hydrogen-bond acceptors (Lipinski definition) is 8. The fourth-order valence-electron chi connectivity index (χ4n) is 4.34. The molecule has 4 heterocycles. The molecule has 2 N–H and O–H groups in total. The lowest BCUT2D eigenvalue weighted by molar-refractivity contribution is -0.116. The molecule has 0 saturated carbocycles. The SMILES string of the molecule is CC(C)[Si]1(C(C)C)OCOC[C@@H]2O[C@@H](n3nc(C(F)F)c4c(N)ncnc43)C[C@@H]2O1. The van der Waals surface area contributed by atoms with Gasteiger partial charge in [-0.15, -0.1) is 0 Å². The molecule has 2 aliphatic heterocycles. The summed E-state index contributed by atoms with van der Waals surface area (Å²) < 4.78 is 53.1. The maximum absolute atomic E-state index is 13.6. The van der Waals surface area contributed by atoms with E-state index < -0.39 is 26.9 Å². The van der Waals surface area contributed by atoms with Crippen LogP contribution in [0.3, 0.4) is 0 Å². The molecule has 2 aromatic rings. The van der Waals surface area contributed by atoms with Crippen molar-refractivity contribution in [1.29, 1.82) is 0 Å². The molecule has 30 heavy (non-hydrogen) atoms. The van der Waals surface area contributed by atoms with E-state index in [0.717, 1.165) is 0 Å². The number of nitrogens with zero attached hydrogens (tertiary/aromatic N) is 4. The quantitative estimate of drug-likeness (QED) is 0.718. The second-order valence-electron chi connectivity index (χ2n) is 8.27. The molecular formula is C18H27F2N5O4Si. The molecule has 3 atom stereocenters. The lowest BCUT2D eigenvalue weighted by atomic mass is 10.2. The number of anilines is 1. The summed E-state index contributed by atoms with van der Waals surface area (Å²) in [7, 11) is -2.61. The minimum atomic E-state index is -2.81. The summed E-state index contributed by atoms with van der Waals surface area (Å²) in [6, 6.07) is 0. The van der Waals surface area contributed by atoms with Crippen molar-refractivity contribution in [2.75, 3.05) is 19.1 Å². The van der Waals surface area contributed by atoms with E-state index in [9.17, 15) is 8.78 Å². The van der Waals surface area contributed by atoms with Gasteiger partial charge in [-0.3, -0.25) is 0 Å². The Labute approximate surface area is 174 Å². The van der Waals surface area contributed by atoms with E-state index in [1.165, 1.54) is 11.0 Å². The summed E-state index contributed by atoms with van der Waals surface area (Å²) >= 11 is 0. The van der Waals surface area contributed by atoms with Crippen molar-refractivity contribution in [3.8, 4) is 0 Å². The minimum Gasteiger partial charge on any atom is -0.388 e. The van der Waals surface area contributed by atoms with Gasteiger partial charge in [0.25, 0.3) is 6.43 Å². The third-order valence-corrected chi connectivity index (χ3v) is 10.3. The molecule has 2 fully saturated rings. The zero-order chi connectivity index (χ0) is 21.6. The van der Waals surface area contributed by atoms with Gasteiger partial charge in [-0.05, 0) is 11.1 Å². The van der Waals surface area contributed by atoms with E-state index in [1.54, 1.807) is 0 Å². The molecule has 0 aromatic carbocycles. The van der Waals surface area contributed by atoms with Gasteiger partial charge in [-0.25, -0.2) is 23.4 Å². The van der Waals surface area contributed by atoms with Crippen LogP contribution >= 0.6 is 0 Å². The van der Waals surface area contributed by atoms with E-state index in [4.69, 9.17) is 24.1 Å². The number of halogens is 2. The Morgan fingerprint density at radius 1 is 1.17 bits per heavy atom. The van der Waals surface area contributed by atoms with Crippen molar-refractivity contribution in [3.05, 3.63) is 12.0 Å². The predicted molar refractivity (Wildman–Crippen MR) is 106 cm³/mol. The lowest BCUT2D eigenvalue weighted by Gasteiger charge is -2.41. The van der Waals surface area contributed by atoms with Gasteiger partial charge < -0.3 is 24.1 Å². The predicted octanol–water partition coefficient (Wildman–Crippen LogP) is 3.29. The first-order chi connectivity index (χ1) is 14.2. The molecule has 9 nitrogen and oxygen atoms in total. The van der Waals surface area contributed by atoms with E-state index in [-0.39, 0.29) is 53.5 Å². The first kappa shape index (κ1) is 21.5. The average Bonchev–Trinajstić information content (AvgIpc) is 3.23. The first-order valence-corrected chi connectivity index (χ1v) is 12.0. The molecule has 166 valence electrons. The van der Waals surface area contributed by atoms with Crippen molar-refractivity contribution < 1.29 is 27.1 Å². The Kier molecular flexibility index (Phi) is 5.79. The van der Waals surface area contributed by atoms with E-state index in [2.05, 4.69) is 42.8 Å². The van der Waals surface area contributed by atoms with Gasteiger partial charge in [0, 0.05) is 6.42 Å². The van der Waals surface area contributed by atoms with Crippen LogP contribution in [0.15, 0.2) is 6.33 Å². The van der Waals surface area contributed by atoms with Crippen LogP contribution in [-0.4, -0.2) is 53.9 Å². The highest BCUT2D eigenvalue weighted by molar-refractivity contribution is 6.70. The highest BCUT2D eigenvalue weighted by atomic mass is 28.4. The van der Waals surface area contributed by atoms with Crippen LogP contribution in [0.1, 0.15) is 52.5 Å². The van der Waals surface area contributed by atoms with Crippen molar-refractivity contribution in [3.63, 3.8) is 0 Å². The van der Waals surface area contributed by atoms with E-state index >= 15 is 0 Å². The largest absolute Gasteiger partial charge is 0.388 e. The molecule has 0 bridgehead atoms. The van der Waals surface area contributed by atoms with Crippen LogP contribution < -0.4 is 5.73 Å². The van der Waals surface area contributed by atoms with Crippen LogP contribution in [-0.2, 0) is 18.3 Å². The number of aromatic nitrogens is 4. The topological polar surface area (TPSA) is 107 Å². The lowest BCUT2D eigenvalue weighted by Crippen LogP contribution is -2.54. The zero-order valence-electron chi connectivity index (χ0n) is 17.4. The van der Waals surface area contributed by atoms with Gasteiger partial charge in [-0.2, -0.15) is 5.10 Å². The van der Waals surface area contributed by atoms with Crippen molar-refractivity contribution in [2.24, 2.45) is 0 Å². The summed E-state index contributed by atoms with van der Waals surface area (Å²) in [6.45, 7) is 8.78. The summed E-state index contributed by atoms with van der Waals surface area (Å²) in [4.78, 5) is 7.97. The van der Waals surface area contributed by atoms with Crippen molar-refractivity contribution in [1.82, 2.24) is 19.7 Å². The Morgan fingerprint density at radius 3 is 2.57 bits per heavy atom. The van der Waals surface area contributed by atoms with Crippen LogP contribution in [0.4, 0.5) is 14.6 Å². The summed E-state index contributed by atoms with van der Waals surface area (Å²) in [5.74, 6) is -0.0374. The normalized spacial score (nSPS) is 27.0. The summed E-state index contributed by atoms with van der Waals surface area (Å²) in [5, 5.41) is 4.14. The summed E-state index contributed by atoms with van der Waals surface area (Å²) in [6.07, 6.45) is -2.48. The second kappa shape index (κ2) is 8.08. The fourth-order valence-corrected chi connectivity index (χ4v) is 7.94. The molecule has 0 amide bonds. The van der Waals surface area contributed by atoms with Gasteiger partial charge >= 0.3 is 8.56 Å². The fraction of sp³-hybridized carbons (Fsp3) is 0.722. The smallest absolute Gasteiger partial charge is 0.345 e. The first-order valence-electron chi connectivity index (χ1n) is 10.1. The molecule has 12 heteroatoms. The highest BCUT2D eigenvalue weighted by Gasteiger charge is 2.52. The van der Waals surface area contributed by atoms with Crippen LogP contribution in [0.25, 0.3) is 11.0 Å². The highest BCUT2D eigenvalue weighted by Crippen LogP contribution is 2.42. The molecule has 2 saturated heterocycles. The Balaban J connectivity index is 1.69.